The lowest BCUT2D eigenvalue weighted by molar-refractivity contribution is 0.704. The van der Waals surface area contributed by atoms with Gasteiger partial charge in [0.05, 0.1) is 0 Å². The van der Waals surface area contributed by atoms with Crippen LogP contribution in [0.5, 0.6) is 0 Å². The van der Waals surface area contributed by atoms with E-state index < -0.39 is 0 Å². The number of hydrogen-bond donors (Lipinski definition) is 0. The molecule has 88 valence electrons. The molecule has 16 heavy (non-hydrogen) atoms. The van der Waals surface area contributed by atoms with Crippen molar-refractivity contribution in [1.29, 1.82) is 0 Å². The summed E-state index contributed by atoms with van der Waals surface area (Å²) in [5, 5.41) is 0. The van der Waals surface area contributed by atoms with Crippen LogP contribution in [0.1, 0.15) is 38.2 Å². The Labute approximate surface area is 106 Å². The Hall–Kier alpha value is -0.570. The van der Waals surface area contributed by atoms with Gasteiger partial charge >= 0.3 is 0 Å². The number of rotatable bonds is 5. The summed E-state index contributed by atoms with van der Waals surface area (Å²) in [6, 6.07) is 2.94. The Bertz CT molecular complexity index is 361. The van der Waals surface area contributed by atoms with Crippen LogP contribution < -0.4 is 4.90 Å². The number of unbranched alkanes of at least 4 members (excludes halogenated alkanes) is 1. The van der Waals surface area contributed by atoms with E-state index in [2.05, 4.69) is 45.7 Å². The van der Waals surface area contributed by atoms with Crippen molar-refractivity contribution < 1.29 is 0 Å². The molecule has 0 unspecified atom stereocenters. The van der Waals surface area contributed by atoms with Gasteiger partial charge in [0.15, 0.2) is 0 Å². The quantitative estimate of drug-likeness (QED) is 0.814. The minimum atomic E-state index is 0.750. The molecular weight excluding hydrogens is 264 g/mol. The van der Waals surface area contributed by atoms with Crippen molar-refractivity contribution in [2.24, 2.45) is 0 Å². The van der Waals surface area contributed by atoms with E-state index in [9.17, 15) is 0 Å². The fourth-order valence-corrected chi connectivity index (χ4v) is 2.10. The summed E-state index contributed by atoms with van der Waals surface area (Å²) in [5.74, 6) is 1.15. The van der Waals surface area contributed by atoms with Gasteiger partial charge in [0.25, 0.3) is 0 Å². The second kappa shape index (κ2) is 5.17. The third-order valence-electron chi connectivity index (χ3n) is 3.07. The topological polar surface area (TPSA) is 16.1 Å². The van der Waals surface area contributed by atoms with E-state index in [0.29, 0.717) is 0 Å². The first-order valence-corrected chi connectivity index (χ1v) is 6.90. The Morgan fingerprint density at radius 3 is 2.81 bits per heavy atom. The molecule has 0 radical (unpaired) electrons. The van der Waals surface area contributed by atoms with E-state index in [4.69, 9.17) is 0 Å². The SMILES string of the molecule is CCCCN(c1cc(C)c(Br)cn1)C1CC1. The van der Waals surface area contributed by atoms with Crippen LogP contribution in [-0.4, -0.2) is 17.6 Å². The molecule has 0 spiro atoms. The zero-order valence-electron chi connectivity index (χ0n) is 10.0. The Morgan fingerprint density at radius 2 is 2.25 bits per heavy atom. The predicted molar refractivity (Wildman–Crippen MR) is 72.0 cm³/mol. The molecule has 0 atom stereocenters. The highest BCUT2D eigenvalue weighted by Crippen LogP contribution is 2.32. The Morgan fingerprint density at radius 1 is 1.50 bits per heavy atom. The molecule has 1 aromatic rings. The van der Waals surface area contributed by atoms with Gasteiger partial charge in [0, 0.05) is 23.3 Å². The molecule has 1 aliphatic rings. The molecular formula is C13H19BrN2. The van der Waals surface area contributed by atoms with Crippen molar-refractivity contribution >= 4 is 21.7 Å². The second-order valence-electron chi connectivity index (χ2n) is 4.57. The van der Waals surface area contributed by atoms with Crippen LogP contribution in [0.3, 0.4) is 0 Å². The molecule has 1 fully saturated rings. The van der Waals surface area contributed by atoms with Crippen LogP contribution in [0.25, 0.3) is 0 Å². The lowest BCUT2D eigenvalue weighted by atomic mass is 10.2. The highest BCUT2D eigenvalue weighted by Gasteiger charge is 2.29. The number of aromatic nitrogens is 1. The summed E-state index contributed by atoms with van der Waals surface area (Å²) in [7, 11) is 0. The first-order valence-electron chi connectivity index (χ1n) is 6.11. The van der Waals surface area contributed by atoms with Gasteiger partial charge < -0.3 is 4.90 Å². The molecule has 0 N–H and O–H groups in total. The maximum absolute atomic E-state index is 4.53. The number of pyridine rings is 1. The number of nitrogens with zero attached hydrogens (tertiary/aromatic N) is 2. The van der Waals surface area contributed by atoms with Gasteiger partial charge in [-0.25, -0.2) is 4.98 Å². The maximum atomic E-state index is 4.53. The van der Waals surface area contributed by atoms with Crippen molar-refractivity contribution in [3.63, 3.8) is 0 Å². The van der Waals surface area contributed by atoms with E-state index in [0.717, 1.165) is 22.9 Å². The minimum absolute atomic E-state index is 0.750. The predicted octanol–water partition coefficient (Wildman–Crippen LogP) is 3.92. The Kier molecular flexibility index (Phi) is 3.85. The molecule has 2 nitrogen and oxygen atoms in total. The van der Waals surface area contributed by atoms with Crippen molar-refractivity contribution in [1.82, 2.24) is 4.98 Å². The van der Waals surface area contributed by atoms with Crippen LogP contribution in [0.4, 0.5) is 5.82 Å². The molecule has 1 saturated carbocycles. The summed E-state index contributed by atoms with van der Waals surface area (Å²) in [5.41, 5.74) is 1.27. The van der Waals surface area contributed by atoms with Crippen LogP contribution in [0.2, 0.25) is 0 Å². The van der Waals surface area contributed by atoms with Gasteiger partial charge in [-0.3, -0.25) is 0 Å². The van der Waals surface area contributed by atoms with Gasteiger partial charge in [-0.1, -0.05) is 13.3 Å². The number of aryl methyl sites for hydroxylation is 1. The van der Waals surface area contributed by atoms with E-state index in [-0.39, 0.29) is 0 Å². The summed E-state index contributed by atoms with van der Waals surface area (Å²) in [6.07, 6.45) is 7.10. The van der Waals surface area contributed by atoms with Gasteiger partial charge in [0.2, 0.25) is 0 Å². The number of halogens is 1. The van der Waals surface area contributed by atoms with E-state index in [1.54, 1.807) is 0 Å². The van der Waals surface area contributed by atoms with Crippen LogP contribution >= 0.6 is 15.9 Å². The lowest BCUT2D eigenvalue weighted by Crippen LogP contribution is -2.27. The molecule has 2 rings (SSSR count). The summed E-state index contributed by atoms with van der Waals surface area (Å²) in [4.78, 5) is 7.01. The molecule has 3 heteroatoms. The first kappa shape index (κ1) is 11.9. The molecule has 1 aromatic heterocycles. The number of anilines is 1. The van der Waals surface area contributed by atoms with Crippen LogP contribution in [0, 0.1) is 6.92 Å². The third kappa shape index (κ3) is 2.76. The highest BCUT2D eigenvalue weighted by atomic mass is 79.9. The van der Waals surface area contributed by atoms with Gasteiger partial charge in [-0.05, 0) is 53.7 Å². The zero-order valence-corrected chi connectivity index (χ0v) is 11.6. The van der Waals surface area contributed by atoms with E-state index in [1.807, 2.05) is 6.20 Å². The zero-order chi connectivity index (χ0) is 11.5. The van der Waals surface area contributed by atoms with Crippen molar-refractivity contribution in [2.75, 3.05) is 11.4 Å². The average molecular weight is 283 g/mol. The summed E-state index contributed by atoms with van der Waals surface area (Å²) in [6.45, 7) is 5.51. The molecule has 0 aliphatic heterocycles. The molecule has 0 bridgehead atoms. The van der Waals surface area contributed by atoms with Crippen LogP contribution in [-0.2, 0) is 0 Å². The molecule has 0 saturated heterocycles. The lowest BCUT2D eigenvalue weighted by Gasteiger charge is -2.23. The fourth-order valence-electron chi connectivity index (χ4n) is 1.88. The maximum Gasteiger partial charge on any atom is 0.129 e. The monoisotopic (exact) mass is 282 g/mol. The molecule has 0 amide bonds. The fraction of sp³-hybridized carbons (Fsp3) is 0.615. The first-order chi connectivity index (χ1) is 7.72. The standard InChI is InChI=1S/C13H19BrN2/c1-3-4-7-16(11-5-6-11)13-8-10(2)12(14)9-15-13/h8-9,11H,3-7H2,1-2H3. The Balaban J connectivity index is 2.14. The van der Waals surface area contributed by atoms with Crippen LogP contribution in [0.15, 0.2) is 16.7 Å². The third-order valence-corrected chi connectivity index (χ3v) is 3.90. The van der Waals surface area contributed by atoms with Gasteiger partial charge in [-0.15, -0.1) is 0 Å². The smallest absolute Gasteiger partial charge is 0.129 e. The van der Waals surface area contributed by atoms with Crippen molar-refractivity contribution in [3.8, 4) is 0 Å². The second-order valence-corrected chi connectivity index (χ2v) is 5.42. The van der Waals surface area contributed by atoms with E-state index >= 15 is 0 Å². The summed E-state index contributed by atoms with van der Waals surface area (Å²) < 4.78 is 1.10. The summed E-state index contributed by atoms with van der Waals surface area (Å²) >= 11 is 3.50. The van der Waals surface area contributed by atoms with E-state index in [1.165, 1.54) is 31.2 Å². The number of hydrogen-bond acceptors (Lipinski definition) is 2. The highest BCUT2D eigenvalue weighted by molar-refractivity contribution is 9.10. The van der Waals surface area contributed by atoms with Crippen molar-refractivity contribution in [2.45, 2.75) is 45.6 Å². The molecule has 1 heterocycles. The average Bonchev–Trinajstić information content (AvgIpc) is 3.08. The van der Waals surface area contributed by atoms with Gasteiger partial charge in [-0.2, -0.15) is 0 Å². The van der Waals surface area contributed by atoms with Gasteiger partial charge in [0.1, 0.15) is 5.82 Å². The normalized spacial score (nSPS) is 15.2. The van der Waals surface area contributed by atoms with Crippen molar-refractivity contribution in [3.05, 3.63) is 22.3 Å². The molecule has 1 aliphatic carbocycles. The largest absolute Gasteiger partial charge is 0.354 e. The minimum Gasteiger partial charge on any atom is -0.354 e. The molecule has 0 aromatic carbocycles.